The number of hydrogen-bond acceptors (Lipinski definition) is 6. The van der Waals surface area contributed by atoms with Crippen LogP contribution in [0.15, 0.2) is 23.9 Å². The van der Waals surface area contributed by atoms with E-state index < -0.39 is 17.8 Å². The number of carbonyl (C=O) groups excluding carboxylic acids is 3. The highest BCUT2D eigenvalue weighted by atomic mass is 127. The quantitative estimate of drug-likeness (QED) is 0.412. The molecular formula is C15H15IN2O5. The van der Waals surface area contributed by atoms with Gasteiger partial charge in [0.15, 0.2) is 0 Å². The van der Waals surface area contributed by atoms with Crippen molar-refractivity contribution in [2.75, 3.05) is 25.6 Å². The number of aliphatic hydroxyl groups is 1. The summed E-state index contributed by atoms with van der Waals surface area (Å²) in [7, 11) is 1.27. The molecule has 122 valence electrons. The first-order chi connectivity index (χ1) is 10.9. The fourth-order valence-electron chi connectivity index (χ4n) is 2.12. The molecule has 0 saturated carbocycles. The summed E-state index contributed by atoms with van der Waals surface area (Å²) in [4.78, 5) is 36.7. The highest BCUT2D eigenvalue weighted by Crippen LogP contribution is 2.26. The van der Waals surface area contributed by atoms with E-state index in [0.29, 0.717) is 5.69 Å². The monoisotopic (exact) mass is 430 g/mol. The maximum atomic E-state index is 12.2. The summed E-state index contributed by atoms with van der Waals surface area (Å²) in [5, 5.41) is 11.7. The Kier molecular flexibility index (Phi) is 5.37. The molecule has 23 heavy (non-hydrogen) atoms. The molecule has 0 spiro atoms. The Morgan fingerprint density at radius 1 is 1.39 bits per heavy atom. The molecule has 2 rings (SSSR count). The highest BCUT2D eigenvalue weighted by molar-refractivity contribution is 14.1. The molecule has 0 aromatic heterocycles. The number of esters is 1. The molecule has 0 saturated heterocycles. The van der Waals surface area contributed by atoms with E-state index in [1.165, 1.54) is 7.11 Å². The third kappa shape index (κ3) is 3.53. The first-order valence-electron chi connectivity index (χ1n) is 6.73. The third-order valence-corrected chi connectivity index (χ3v) is 4.47. The standard InChI is InChI=1S/C15H15IN2O5/c1-8-5-11(9(6-10(8)16)15(22)23-2)17-12-7-13(20)18(3-4-19)14(12)21/h5-7,17,19H,3-4H2,1-2H3. The van der Waals surface area contributed by atoms with Gasteiger partial charge in [0.1, 0.15) is 5.70 Å². The van der Waals surface area contributed by atoms with Crippen LogP contribution in [0.2, 0.25) is 0 Å². The lowest BCUT2D eigenvalue weighted by Gasteiger charge is -2.15. The molecule has 0 atom stereocenters. The van der Waals surface area contributed by atoms with Gasteiger partial charge in [-0.15, -0.1) is 0 Å². The minimum atomic E-state index is -0.546. The predicted octanol–water partition coefficient (Wildman–Crippen LogP) is 1.04. The maximum Gasteiger partial charge on any atom is 0.340 e. The number of hydrogen-bond donors (Lipinski definition) is 2. The van der Waals surface area contributed by atoms with E-state index in [0.717, 1.165) is 20.1 Å². The lowest BCUT2D eigenvalue weighted by atomic mass is 10.1. The highest BCUT2D eigenvalue weighted by Gasteiger charge is 2.31. The van der Waals surface area contributed by atoms with Gasteiger partial charge < -0.3 is 15.2 Å². The fraction of sp³-hybridized carbons (Fsp3) is 0.267. The predicted molar refractivity (Wildman–Crippen MR) is 90.7 cm³/mol. The van der Waals surface area contributed by atoms with E-state index in [9.17, 15) is 14.4 Å². The minimum Gasteiger partial charge on any atom is -0.465 e. The van der Waals surface area contributed by atoms with Crippen LogP contribution in [0.3, 0.4) is 0 Å². The van der Waals surface area contributed by atoms with Crippen molar-refractivity contribution in [1.29, 1.82) is 0 Å². The van der Waals surface area contributed by atoms with Gasteiger partial charge >= 0.3 is 5.97 Å². The molecule has 0 aliphatic carbocycles. The summed E-state index contributed by atoms with van der Waals surface area (Å²) in [6, 6.07) is 3.36. The van der Waals surface area contributed by atoms with Crippen LogP contribution in [0.4, 0.5) is 5.69 Å². The number of methoxy groups -OCH3 is 1. The zero-order chi connectivity index (χ0) is 17.1. The molecule has 7 nitrogen and oxygen atoms in total. The molecule has 0 unspecified atom stereocenters. The number of nitrogens with zero attached hydrogens (tertiary/aromatic N) is 1. The van der Waals surface area contributed by atoms with Crippen LogP contribution in [0, 0.1) is 10.5 Å². The second-order valence-corrected chi connectivity index (χ2v) is 6.00. The van der Waals surface area contributed by atoms with Crippen LogP contribution >= 0.6 is 22.6 Å². The average molecular weight is 430 g/mol. The third-order valence-electron chi connectivity index (χ3n) is 3.31. The molecule has 1 aliphatic heterocycles. The van der Waals surface area contributed by atoms with Gasteiger partial charge in [-0.25, -0.2) is 4.79 Å². The molecule has 1 aromatic carbocycles. The summed E-state index contributed by atoms with van der Waals surface area (Å²) in [6.45, 7) is 1.48. The summed E-state index contributed by atoms with van der Waals surface area (Å²) >= 11 is 2.10. The fourth-order valence-corrected chi connectivity index (χ4v) is 2.59. The molecular weight excluding hydrogens is 415 g/mol. The van der Waals surface area contributed by atoms with Crippen LogP contribution in [0.25, 0.3) is 0 Å². The van der Waals surface area contributed by atoms with Crippen molar-refractivity contribution < 1.29 is 24.2 Å². The van der Waals surface area contributed by atoms with Gasteiger partial charge in [-0.1, -0.05) is 0 Å². The SMILES string of the molecule is COC(=O)c1cc(I)c(C)cc1NC1=CC(=O)N(CCO)C1=O. The average Bonchev–Trinajstić information content (AvgIpc) is 2.78. The number of halogens is 1. The Bertz CT molecular complexity index is 714. The maximum absolute atomic E-state index is 12.2. The van der Waals surface area contributed by atoms with E-state index in [2.05, 4.69) is 27.9 Å². The van der Waals surface area contributed by atoms with Gasteiger partial charge in [-0.3, -0.25) is 14.5 Å². The molecule has 2 N–H and O–H groups in total. The van der Waals surface area contributed by atoms with Crippen molar-refractivity contribution in [1.82, 2.24) is 4.90 Å². The number of imide groups is 1. The normalized spacial score (nSPS) is 14.1. The topological polar surface area (TPSA) is 95.9 Å². The Balaban J connectivity index is 2.35. The minimum absolute atomic E-state index is 0.0502. The Labute approximate surface area is 146 Å². The number of nitrogens with one attached hydrogen (secondary N) is 1. The second kappa shape index (κ2) is 7.09. The van der Waals surface area contributed by atoms with Gasteiger partial charge in [0.05, 0.1) is 31.5 Å². The summed E-state index contributed by atoms with van der Waals surface area (Å²) < 4.78 is 5.62. The molecule has 8 heteroatoms. The van der Waals surface area contributed by atoms with Crippen LogP contribution in [0.5, 0.6) is 0 Å². The zero-order valence-corrected chi connectivity index (χ0v) is 14.7. The summed E-state index contributed by atoms with van der Waals surface area (Å²) in [5.74, 6) is -1.60. The number of benzene rings is 1. The van der Waals surface area contributed by atoms with Gasteiger partial charge in [-0.2, -0.15) is 0 Å². The number of rotatable bonds is 5. The molecule has 1 aliphatic rings. The Morgan fingerprint density at radius 2 is 2.09 bits per heavy atom. The van der Waals surface area contributed by atoms with Crippen molar-refractivity contribution in [3.05, 3.63) is 38.6 Å². The molecule has 0 fully saturated rings. The number of carbonyl (C=O) groups is 3. The lowest BCUT2D eigenvalue weighted by Crippen LogP contribution is -2.34. The molecule has 1 heterocycles. The van der Waals surface area contributed by atoms with E-state index in [1.807, 2.05) is 6.92 Å². The van der Waals surface area contributed by atoms with Crippen LogP contribution < -0.4 is 5.32 Å². The first-order valence-corrected chi connectivity index (χ1v) is 7.80. The number of anilines is 1. The van der Waals surface area contributed by atoms with E-state index in [4.69, 9.17) is 9.84 Å². The van der Waals surface area contributed by atoms with Gasteiger partial charge in [-0.05, 0) is 47.2 Å². The van der Waals surface area contributed by atoms with Gasteiger partial charge in [0.25, 0.3) is 11.8 Å². The smallest absolute Gasteiger partial charge is 0.340 e. The second-order valence-electron chi connectivity index (χ2n) is 4.84. The largest absolute Gasteiger partial charge is 0.465 e. The van der Waals surface area contributed by atoms with E-state index in [1.54, 1.807) is 12.1 Å². The van der Waals surface area contributed by atoms with Crippen LogP contribution in [-0.2, 0) is 14.3 Å². The first kappa shape index (κ1) is 17.4. The van der Waals surface area contributed by atoms with Crippen LogP contribution in [-0.4, -0.2) is 48.1 Å². The van der Waals surface area contributed by atoms with E-state index >= 15 is 0 Å². The van der Waals surface area contributed by atoms with Crippen LogP contribution in [0.1, 0.15) is 15.9 Å². The number of β-amino-alcohol motifs (C(OH)–C–C–N with tert-alkyl or cyclic N) is 1. The van der Waals surface area contributed by atoms with Crippen molar-refractivity contribution in [3.8, 4) is 0 Å². The van der Waals surface area contributed by atoms with Gasteiger partial charge in [0, 0.05) is 9.65 Å². The Morgan fingerprint density at radius 3 is 2.70 bits per heavy atom. The van der Waals surface area contributed by atoms with Crippen molar-refractivity contribution in [2.45, 2.75) is 6.92 Å². The summed E-state index contributed by atoms with van der Waals surface area (Å²) in [5.41, 5.74) is 1.61. The number of aryl methyl sites for hydroxylation is 1. The Hall–Kier alpha value is -1.94. The molecule has 1 aromatic rings. The number of amides is 2. The molecule has 0 radical (unpaired) electrons. The van der Waals surface area contributed by atoms with Crippen molar-refractivity contribution in [2.24, 2.45) is 0 Å². The van der Waals surface area contributed by atoms with Gasteiger partial charge in [0.2, 0.25) is 0 Å². The zero-order valence-electron chi connectivity index (χ0n) is 12.6. The lowest BCUT2D eigenvalue weighted by molar-refractivity contribution is -0.137. The van der Waals surface area contributed by atoms with E-state index in [-0.39, 0.29) is 24.4 Å². The number of aliphatic hydroxyl groups excluding tert-OH is 1. The van der Waals surface area contributed by atoms with Crippen molar-refractivity contribution in [3.63, 3.8) is 0 Å². The van der Waals surface area contributed by atoms with Crippen molar-refractivity contribution >= 4 is 46.1 Å². The number of ether oxygens (including phenoxy) is 1. The molecule has 2 amide bonds. The summed E-state index contributed by atoms with van der Waals surface area (Å²) in [6.07, 6.45) is 1.15. The molecule has 0 bridgehead atoms.